The number of methoxy groups -OCH3 is 1. The van der Waals surface area contributed by atoms with Gasteiger partial charge in [0, 0.05) is 23.1 Å². The molecule has 98 valence electrons. The summed E-state index contributed by atoms with van der Waals surface area (Å²) in [4.78, 5) is 24.6. The van der Waals surface area contributed by atoms with E-state index in [1.54, 1.807) is 25.2 Å². The molecule has 0 N–H and O–H groups in total. The van der Waals surface area contributed by atoms with Crippen LogP contribution in [0.25, 0.3) is 0 Å². The number of esters is 1. The van der Waals surface area contributed by atoms with E-state index in [1.165, 1.54) is 12.0 Å². The Bertz CT molecular complexity index is 465. The van der Waals surface area contributed by atoms with Crippen LogP contribution in [-0.2, 0) is 9.53 Å². The fourth-order valence-electron chi connectivity index (χ4n) is 1.33. The fraction of sp³-hybridized carbons (Fsp3) is 0.333. The Morgan fingerprint density at radius 1 is 1.44 bits per heavy atom. The second kappa shape index (κ2) is 6.75. The van der Waals surface area contributed by atoms with Crippen molar-refractivity contribution in [2.24, 2.45) is 0 Å². The molecule has 0 aliphatic rings. The number of carbonyl (C=O) groups is 2. The summed E-state index contributed by atoms with van der Waals surface area (Å²) < 4.78 is 5.19. The van der Waals surface area contributed by atoms with Crippen LogP contribution in [0, 0.1) is 0 Å². The van der Waals surface area contributed by atoms with Crippen molar-refractivity contribution in [1.82, 2.24) is 4.90 Å². The van der Waals surface area contributed by atoms with Gasteiger partial charge >= 0.3 is 5.97 Å². The molecule has 0 atom stereocenters. The number of carbonyl (C=O) groups excluding carboxylic acids is 2. The predicted molar refractivity (Wildman–Crippen MR) is 72.7 cm³/mol. The minimum absolute atomic E-state index is 0.164. The molecule has 0 fully saturated rings. The van der Waals surface area contributed by atoms with Crippen molar-refractivity contribution in [2.45, 2.75) is 6.42 Å². The summed E-state index contributed by atoms with van der Waals surface area (Å²) in [6.45, 7) is 0.296. The normalized spacial score (nSPS) is 10.0. The lowest BCUT2D eigenvalue weighted by atomic mass is 10.2. The maximum atomic E-state index is 12.1. The van der Waals surface area contributed by atoms with Crippen molar-refractivity contribution >= 4 is 39.4 Å². The number of hydrogen-bond acceptors (Lipinski definition) is 3. The maximum absolute atomic E-state index is 12.1. The summed E-state index contributed by atoms with van der Waals surface area (Å²) in [5, 5.41) is 0.489. The second-order valence-corrected chi connectivity index (χ2v) is 4.97. The Morgan fingerprint density at radius 3 is 2.72 bits per heavy atom. The van der Waals surface area contributed by atoms with Crippen molar-refractivity contribution < 1.29 is 14.3 Å². The molecule has 1 rings (SSSR count). The van der Waals surface area contributed by atoms with Gasteiger partial charge in [-0.15, -0.1) is 0 Å². The van der Waals surface area contributed by atoms with Gasteiger partial charge < -0.3 is 9.64 Å². The third-order valence-corrected chi connectivity index (χ3v) is 3.31. The summed E-state index contributed by atoms with van der Waals surface area (Å²) in [5.41, 5.74) is 0.467. The highest BCUT2D eigenvalue weighted by molar-refractivity contribution is 9.10. The molecule has 0 radical (unpaired) electrons. The molecule has 0 unspecified atom stereocenters. The molecule has 1 amide bonds. The quantitative estimate of drug-likeness (QED) is 0.795. The molecular weight excluding hydrogens is 321 g/mol. The van der Waals surface area contributed by atoms with Gasteiger partial charge in [0.05, 0.1) is 19.1 Å². The Morgan fingerprint density at radius 2 is 2.11 bits per heavy atom. The Labute approximate surface area is 119 Å². The third-order valence-electron chi connectivity index (χ3n) is 2.38. The molecular formula is C12H13BrClNO3. The minimum atomic E-state index is -0.347. The van der Waals surface area contributed by atoms with Crippen LogP contribution < -0.4 is 0 Å². The van der Waals surface area contributed by atoms with Gasteiger partial charge in [-0.3, -0.25) is 9.59 Å². The fourth-order valence-corrected chi connectivity index (χ4v) is 1.92. The zero-order valence-electron chi connectivity index (χ0n) is 10.1. The van der Waals surface area contributed by atoms with E-state index in [4.69, 9.17) is 11.6 Å². The average Bonchev–Trinajstić information content (AvgIpc) is 2.37. The van der Waals surface area contributed by atoms with E-state index in [9.17, 15) is 9.59 Å². The first-order valence-electron chi connectivity index (χ1n) is 5.23. The third kappa shape index (κ3) is 3.99. The first-order chi connectivity index (χ1) is 8.45. The molecule has 0 saturated heterocycles. The average molecular weight is 335 g/mol. The Kier molecular flexibility index (Phi) is 5.62. The van der Waals surface area contributed by atoms with Gasteiger partial charge in [0.2, 0.25) is 0 Å². The minimum Gasteiger partial charge on any atom is -0.469 e. The summed E-state index contributed by atoms with van der Waals surface area (Å²) in [6.07, 6.45) is 0.164. The monoisotopic (exact) mass is 333 g/mol. The molecule has 1 aromatic carbocycles. The molecule has 0 saturated carbocycles. The van der Waals surface area contributed by atoms with E-state index in [-0.39, 0.29) is 18.3 Å². The van der Waals surface area contributed by atoms with Crippen molar-refractivity contribution in [3.05, 3.63) is 33.3 Å². The number of rotatable bonds is 4. The van der Waals surface area contributed by atoms with Gasteiger partial charge in [0.15, 0.2) is 0 Å². The number of ether oxygens (including phenoxy) is 1. The van der Waals surface area contributed by atoms with Gasteiger partial charge in [-0.2, -0.15) is 0 Å². The lowest BCUT2D eigenvalue weighted by molar-refractivity contribution is -0.140. The van der Waals surface area contributed by atoms with Gasteiger partial charge in [0.1, 0.15) is 0 Å². The smallest absolute Gasteiger partial charge is 0.307 e. The van der Waals surface area contributed by atoms with Crippen molar-refractivity contribution in [1.29, 1.82) is 0 Å². The molecule has 0 bridgehead atoms. The lowest BCUT2D eigenvalue weighted by Gasteiger charge is -2.17. The lowest BCUT2D eigenvalue weighted by Crippen LogP contribution is -2.29. The van der Waals surface area contributed by atoms with Gasteiger partial charge in [-0.05, 0) is 34.1 Å². The number of amides is 1. The predicted octanol–water partition coefficient (Wildman–Crippen LogP) is 2.74. The van der Waals surface area contributed by atoms with Crippen LogP contribution in [0.3, 0.4) is 0 Å². The van der Waals surface area contributed by atoms with Crippen LogP contribution >= 0.6 is 27.5 Å². The second-order valence-electron chi connectivity index (χ2n) is 3.68. The standard InChI is InChI=1S/C12H13BrClNO3/c1-15(6-5-11(16)18-2)12(17)9-7-8(14)3-4-10(9)13/h3-4,7H,5-6H2,1-2H3. The van der Waals surface area contributed by atoms with E-state index in [0.29, 0.717) is 21.6 Å². The number of halogens is 2. The number of hydrogen-bond donors (Lipinski definition) is 0. The molecule has 0 heterocycles. The first kappa shape index (κ1) is 15.0. The van der Waals surface area contributed by atoms with E-state index < -0.39 is 0 Å². The molecule has 0 spiro atoms. The van der Waals surface area contributed by atoms with Crippen LogP contribution in [0.1, 0.15) is 16.8 Å². The molecule has 0 aromatic heterocycles. The highest BCUT2D eigenvalue weighted by atomic mass is 79.9. The summed E-state index contributed by atoms with van der Waals surface area (Å²) in [7, 11) is 2.94. The number of benzene rings is 1. The molecule has 18 heavy (non-hydrogen) atoms. The van der Waals surface area contributed by atoms with Crippen molar-refractivity contribution in [2.75, 3.05) is 20.7 Å². The molecule has 0 aliphatic heterocycles. The zero-order valence-corrected chi connectivity index (χ0v) is 12.4. The molecule has 1 aromatic rings. The van der Waals surface area contributed by atoms with E-state index >= 15 is 0 Å². The van der Waals surface area contributed by atoms with Gasteiger partial charge in [-0.25, -0.2) is 0 Å². The Hall–Kier alpha value is -1.07. The van der Waals surface area contributed by atoms with Crippen LogP contribution in [0.15, 0.2) is 22.7 Å². The highest BCUT2D eigenvalue weighted by Gasteiger charge is 2.16. The van der Waals surface area contributed by atoms with Crippen LogP contribution in [-0.4, -0.2) is 37.5 Å². The molecule has 6 heteroatoms. The van der Waals surface area contributed by atoms with Gasteiger partial charge in [-0.1, -0.05) is 11.6 Å². The SMILES string of the molecule is COC(=O)CCN(C)C(=O)c1cc(Cl)ccc1Br. The highest BCUT2D eigenvalue weighted by Crippen LogP contribution is 2.22. The van der Waals surface area contributed by atoms with Crippen LogP contribution in [0.2, 0.25) is 5.02 Å². The molecule has 0 aliphatic carbocycles. The Balaban J connectivity index is 2.74. The molecule has 4 nitrogen and oxygen atoms in total. The summed E-state index contributed by atoms with van der Waals surface area (Å²) >= 11 is 9.15. The van der Waals surface area contributed by atoms with E-state index in [2.05, 4.69) is 20.7 Å². The van der Waals surface area contributed by atoms with Crippen LogP contribution in [0.4, 0.5) is 0 Å². The van der Waals surface area contributed by atoms with E-state index in [1.807, 2.05) is 0 Å². The topological polar surface area (TPSA) is 46.6 Å². The number of nitrogens with zero attached hydrogens (tertiary/aromatic N) is 1. The van der Waals surface area contributed by atoms with Crippen LogP contribution in [0.5, 0.6) is 0 Å². The van der Waals surface area contributed by atoms with E-state index in [0.717, 1.165) is 0 Å². The van der Waals surface area contributed by atoms with Crippen molar-refractivity contribution in [3.8, 4) is 0 Å². The largest absolute Gasteiger partial charge is 0.469 e. The summed E-state index contributed by atoms with van der Waals surface area (Å²) in [5.74, 6) is -0.548. The summed E-state index contributed by atoms with van der Waals surface area (Å²) in [6, 6.07) is 4.99. The van der Waals surface area contributed by atoms with Crippen molar-refractivity contribution in [3.63, 3.8) is 0 Å². The maximum Gasteiger partial charge on any atom is 0.307 e. The zero-order chi connectivity index (χ0) is 13.7. The first-order valence-corrected chi connectivity index (χ1v) is 6.40. The van der Waals surface area contributed by atoms with Gasteiger partial charge in [0.25, 0.3) is 5.91 Å².